The van der Waals surface area contributed by atoms with Crippen LogP contribution in [0.5, 0.6) is 0 Å². The van der Waals surface area contributed by atoms with E-state index in [4.69, 9.17) is 10.1 Å². The van der Waals surface area contributed by atoms with E-state index in [-0.39, 0.29) is 16.4 Å². The van der Waals surface area contributed by atoms with E-state index in [1.54, 1.807) is 23.5 Å². The smallest absolute Gasteiger partial charge is 0.337 e. The zero-order valence-corrected chi connectivity index (χ0v) is 16.6. The van der Waals surface area contributed by atoms with Crippen LogP contribution in [0.2, 0.25) is 0 Å². The van der Waals surface area contributed by atoms with Gasteiger partial charge in [-0.3, -0.25) is 4.90 Å². The molecule has 2 aromatic heterocycles. The van der Waals surface area contributed by atoms with Gasteiger partial charge in [-0.25, -0.2) is 14.8 Å². The zero-order chi connectivity index (χ0) is 18.7. The van der Waals surface area contributed by atoms with Crippen molar-refractivity contribution in [3.05, 3.63) is 34.5 Å². The Morgan fingerprint density at radius 1 is 1.19 bits per heavy atom. The Balaban J connectivity index is 1.77. The summed E-state index contributed by atoms with van der Waals surface area (Å²) in [6.07, 6.45) is 6.00. The average Bonchev–Trinajstić information content (AvgIpc) is 3.29. The minimum absolute atomic E-state index is 0.0927. The van der Waals surface area contributed by atoms with Crippen molar-refractivity contribution >= 4 is 28.3 Å². The fourth-order valence-electron chi connectivity index (χ4n) is 3.62. The molecule has 1 N–H and O–H groups in total. The number of thiazole rings is 1. The van der Waals surface area contributed by atoms with Crippen LogP contribution < -0.4 is 4.90 Å². The van der Waals surface area contributed by atoms with Gasteiger partial charge in [-0.05, 0) is 37.8 Å². The Morgan fingerprint density at radius 2 is 1.88 bits per heavy atom. The fraction of sp³-hybridized carbons (Fsp3) is 0.550. The van der Waals surface area contributed by atoms with Gasteiger partial charge in [0, 0.05) is 27.9 Å². The van der Waals surface area contributed by atoms with Crippen LogP contribution >= 0.6 is 11.3 Å². The van der Waals surface area contributed by atoms with E-state index in [0.717, 1.165) is 30.2 Å². The summed E-state index contributed by atoms with van der Waals surface area (Å²) in [5, 5.41) is 10.1. The molecule has 0 radical (unpaired) electrons. The third kappa shape index (κ3) is 2.90. The molecular formula is C20H25N3O2S. The standard InChI is InChI=1S/C20H25N3O2S/c1-19(2)9-10-20(3,4)16-15(19)22-18(26-16)23(13-6-7-13)14-8-5-12(11-21-14)17(24)25/h5,8,11,13H,6-7,9-10H2,1-4H3,(H,24,25). The molecule has 0 aliphatic heterocycles. The first-order chi connectivity index (χ1) is 12.2. The molecule has 0 atom stereocenters. The number of anilines is 2. The highest BCUT2D eigenvalue weighted by molar-refractivity contribution is 7.16. The maximum Gasteiger partial charge on any atom is 0.337 e. The summed E-state index contributed by atoms with van der Waals surface area (Å²) in [6.45, 7) is 9.19. The predicted octanol–water partition coefficient (Wildman–Crippen LogP) is 4.89. The molecule has 1 saturated carbocycles. The van der Waals surface area contributed by atoms with Crippen molar-refractivity contribution in [1.82, 2.24) is 9.97 Å². The second kappa shape index (κ2) is 5.78. The molecule has 1 fully saturated rings. The highest BCUT2D eigenvalue weighted by Gasteiger charge is 2.42. The topological polar surface area (TPSA) is 66.3 Å². The lowest BCUT2D eigenvalue weighted by Crippen LogP contribution is -2.32. The maximum absolute atomic E-state index is 11.1. The van der Waals surface area contributed by atoms with Crippen LogP contribution in [0.4, 0.5) is 10.9 Å². The molecule has 4 rings (SSSR count). The molecule has 2 aliphatic rings. The van der Waals surface area contributed by atoms with Gasteiger partial charge in [-0.15, -0.1) is 11.3 Å². The van der Waals surface area contributed by atoms with Crippen molar-refractivity contribution in [2.45, 2.75) is 70.3 Å². The van der Waals surface area contributed by atoms with Crippen LogP contribution in [0.25, 0.3) is 0 Å². The molecule has 0 spiro atoms. The van der Waals surface area contributed by atoms with Crippen LogP contribution in [0.15, 0.2) is 18.3 Å². The molecule has 6 heteroatoms. The molecular weight excluding hydrogens is 346 g/mol. The molecule has 0 unspecified atom stereocenters. The number of nitrogens with zero attached hydrogens (tertiary/aromatic N) is 3. The van der Waals surface area contributed by atoms with Crippen LogP contribution in [-0.4, -0.2) is 27.1 Å². The molecule has 0 amide bonds. The van der Waals surface area contributed by atoms with Gasteiger partial charge in [0.15, 0.2) is 5.13 Å². The van der Waals surface area contributed by atoms with E-state index < -0.39 is 5.97 Å². The van der Waals surface area contributed by atoms with E-state index in [9.17, 15) is 4.79 Å². The van der Waals surface area contributed by atoms with Gasteiger partial charge in [0.05, 0.1) is 11.3 Å². The number of carboxylic acids is 1. The molecule has 2 aliphatic carbocycles. The summed E-state index contributed by atoms with van der Waals surface area (Å²) in [5.74, 6) is -0.158. The van der Waals surface area contributed by atoms with E-state index in [0.29, 0.717) is 6.04 Å². The lowest BCUT2D eigenvalue weighted by Gasteiger charge is -2.37. The lowest BCUT2D eigenvalue weighted by molar-refractivity contribution is 0.0696. The fourth-order valence-corrected chi connectivity index (χ4v) is 5.07. The Bertz CT molecular complexity index is 817. The Hall–Kier alpha value is -1.95. The summed E-state index contributed by atoms with van der Waals surface area (Å²) in [4.78, 5) is 24.2. The van der Waals surface area contributed by atoms with Gasteiger partial charge in [0.2, 0.25) is 0 Å². The largest absolute Gasteiger partial charge is 0.478 e. The van der Waals surface area contributed by atoms with Crippen LogP contribution in [0.1, 0.15) is 74.3 Å². The first kappa shape index (κ1) is 17.5. The number of rotatable bonds is 4. The van der Waals surface area contributed by atoms with Gasteiger partial charge in [-0.2, -0.15) is 0 Å². The Labute approximate surface area is 158 Å². The van der Waals surface area contributed by atoms with Crippen molar-refractivity contribution < 1.29 is 9.90 Å². The minimum atomic E-state index is -0.949. The van der Waals surface area contributed by atoms with E-state index in [1.165, 1.54) is 23.2 Å². The van der Waals surface area contributed by atoms with Crippen LogP contribution in [0.3, 0.4) is 0 Å². The quantitative estimate of drug-likeness (QED) is 0.829. The molecule has 5 nitrogen and oxygen atoms in total. The molecule has 26 heavy (non-hydrogen) atoms. The van der Waals surface area contributed by atoms with E-state index in [1.807, 2.05) is 0 Å². The van der Waals surface area contributed by atoms with Crippen molar-refractivity contribution in [2.24, 2.45) is 0 Å². The normalized spacial score (nSPS) is 20.5. The number of hydrogen-bond acceptors (Lipinski definition) is 5. The predicted molar refractivity (Wildman–Crippen MR) is 104 cm³/mol. The molecule has 2 heterocycles. The monoisotopic (exact) mass is 371 g/mol. The van der Waals surface area contributed by atoms with Gasteiger partial charge < -0.3 is 5.11 Å². The van der Waals surface area contributed by atoms with Crippen LogP contribution in [0, 0.1) is 0 Å². The second-order valence-electron chi connectivity index (χ2n) is 8.75. The molecule has 138 valence electrons. The first-order valence-electron chi connectivity index (χ1n) is 9.19. The summed E-state index contributed by atoms with van der Waals surface area (Å²) >= 11 is 1.78. The van der Waals surface area contributed by atoms with Gasteiger partial charge in [-0.1, -0.05) is 27.7 Å². The maximum atomic E-state index is 11.1. The summed E-state index contributed by atoms with van der Waals surface area (Å²) < 4.78 is 0. The lowest BCUT2D eigenvalue weighted by atomic mass is 9.69. The average molecular weight is 372 g/mol. The van der Waals surface area contributed by atoms with Crippen molar-refractivity contribution in [3.63, 3.8) is 0 Å². The number of fused-ring (bicyclic) bond motifs is 1. The highest BCUT2D eigenvalue weighted by Crippen LogP contribution is 2.51. The SMILES string of the molecule is CC1(C)CCC(C)(C)c2sc(N(c3ccc(C(=O)O)cn3)C3CC3)nc21. The van der Waals surface area contributed by atoms with Crippen LogP contribution in [-0.2, 0) is 10.8 Å². The number of hydrogen-bond donors (Lipinski definition) is 1. The van der Waals surface area contributed by atoms with Gasteiger partial charge >= 0.3 is 5.97 Å². The molecule has 0 bridgehead atoms. The summed E-state index contributed by atoms with van der Waals surface area (Å²) in [5.41, 5.74) is 1.68. The number of aromatic carboxylic acids is 1. The highest BCUT2D eigenvalue weighted by atomic mass is 32.1. The van der Waals surface area contributed by atoms with Gasteiger partial charge in [0.1, 0.15) is 5.82 Å². The summed E-state index contributed by atoms with van der Waals surface area (Å²) in [6, 6.07) is 3.84. The third-order valence-corrected chi connectivity index (χ3v) is 7.03. The molecule has 2 aromatic rings. The van der Waals surface area contributed by atoms with Crippen molar-refractivity contribution in [2.75, 3.05) is 4.90 Å². The summed E-state index contributed by atoms with van der Waals surface area (Å²) in [7, 11) is 0. The zero-order valence-electron chi connectivity index (χ0n) is 15.7. The first-order valence-corrected chi connectivity index (χ1v) is 10.0. The van der Waals surface area contributed by atoms with E-state index in [2.05, 4.69) is 37.6 Å². The molecule has 0 saturated heterocycles. The van der Waals surface area contributed by atoms with E-state index >= 15 is 0 Å². The van der Waals surface area contributed by atoms with Gasteiger partial charge in [0.25, 0.3) is 0 Å². The number of carbonyl (C=O) groups is 1. The Morgan fingerprint density at radius 3 is 2.42 bits per heavy atom. The van der Waals surface area contributed by atoms with Crippen molar-refractivity contribution in [1.29, 1.82) is 0 Å². The second-order valence-corrected chi connectivity index (χ2v) is 9.73. The number of aromatic nitrogens is 2. The Kier molecular flexibility index (Phi) is 3.88. The molecule has 0 aromatic carbocycles. The number of pyridine rings is 1. The minimum Gasteiger partial charge on any atom is -0.478 e. The third-order valence-electron chi connectivity index (χ3n) is 5.61. The van der Waals surface area contributed by atoms with Crippen molar-refractivity contribution in [3.8, 4) is 0 Å². The number of carboxylic acid groups (broad SMARTS) is 1.